The van der Waals surface area contributed by atoms with Gasteiger partial charge < -0.3 is 11.1 Å². The molecule has 0 spiro atoms. The van der Waals surface area contributed by atoms with Gasteiger partial charge in [0.15, 0.2) is 0 Å². The highest BCUT2D eigenvalue weighted by Gasteiger charge is 2.14. The first-order valence-electron chi connectivity index (χ1n) is 5.77. The Hall–Kier alpha value is -2.26. The summed E-state index contributed by atoms with van der Waals surface area (Å²) in [6, 6.07) is 3.69. The molecule has 1 aromatic carbocycles. The molecule has 1 heterocycles. The molecule has 110 valence electrons. The third-order valence-electron chi connectivity index (χ3n) is 2.52. The third kappa shape index (κ3) is 3.86. The van der Waals surface area contributed by atoms with Crippen molar-refractivity contribution in [2.75, 3.05) is 12.3 Å². The standard InChI is InChI=1S/C11H10ClN5O3S/c12-8-5-6(17(19)20)1-2-7(8)10(18)14-4-3-9-15-16-11(13)21-9/h1-2,5H,3-4H2,(H2,13,16)(H,14,18). The summed E-state index contributed by atoms with van der Waals surface area (Å²) < 4.78 is 0. The summed E-state index contributed by atoms with van der Waals surface area (Å²) in [5, 5.41) is 21.8. The van der Waals surface area contributed by atoms with Crippen molar-refractivity contribution in [3.8, 4) is 0 Å². The molecule has 0 unspecified atom stereocenters. The molecule has 21 heavy (non-hydrogen) atoms. The molecule has 0 aliphatic carbocycles. The number of hydrogen-bond donors (Lipinski definition) is 2. The van der Waals surface area contributed by atoms with Crippen LogP contribution in [0.1, 0.15) is 15.4 Å². The summed E-state index contributed by atoms with van der Waals surface area (Å²) in [6.45, 7) is 0.334. The van der Waals surface area contributed by atoms with Crippen LogP contribution in [0.5, 0.6) is 0 Å². The van der Waals surface area contributed by atoms with Crippen LogP contribution in [-0.2, 0) is 6.42 Å². The van der Waals surface area contributed by atoms with Crippen molar-refractivity contribution in [2.45, 2.75) is 6.42 Å². The second-order valence-electron chi connectivity index (χ2n) is 3.96. The predicted octanol–water partition coefficient (Wildman–Crippen LogP) is 1.65. The van der Waals surface area contributed by atoms with Crippen molar-refractivity contribution in [1.29, 1.82) is 0 Å². The van der Waals surface area contributed by atoms with Gasteiger partial charge in [-0.25, -0.2) is 0 Å². The van der Waals surface area contributed by atoms with E-state index in [2.05, 4.69) is 15.5 Å². The average molecular weight is 328 g/mol. The van der Waals surface area contributed by atoms with Gasteiger partial charge in [-0.1, -0.05) is 22.9 Å². The highest BCUT2D eigenvalue weighted by Crippen LogP contribution is 2.22. The number of nitrogens with zero attached hydrogens (tertiary/aromatic N) is 3. The zero-order valence-electron chi connectivity index (χ0n) is 10.6. The third-order valence-corrected chi connectivity index (χ3v) is 3.64. The van der Waals surface area contributed by atoms with E-state index in [4.69, 9.17) is 17.3 Å². The second kappa shape index (κ2) is 6.46. The Morgan fingerprint density at radius 3 is 2.81 bits per heavy atom. The Morgan fingerprint density at radius 1 is 1.48 bits per heavy atom. The van der Waals surface area contributed by atoms with Gasteiger partial charge in [0.1, 0.15) is 5.01 Å². The van der Waals surface area contributed by atoms with Gasteiger partial charge in [-0.05, 0) is 6.07 Å². The number of nitrogens with one attached hydrogen (secondary N) is 1. The number of anilines is 1. The van der Waals surface area contributed by atoms with Gasteiger partial charge in [-0.3, -0.25) is 14.9 Å². The molecule has 0 radical (unpaired) electrons. The fourth-order valence-electron chi connectivity index (χ4n) is 1.55. The number of halogens is 1. The number of nitro groups is 1. The Bertz CT molecular complexity index is 690. The number of nitrogens with two attached hydrogens (primary N) is 1. The van der Waals surface area contributed by atoms with E-state index in [0.29, 0.717) is 23.1 Å². The molecule has 1 amide bonds. The molecule has 0 aliphatic heterocycles. The van der Waals surface area contributed by atoms with E-state index < -0.39 is 10.8 Å². The van der Waals surface area contributed by atoms with Gasteiger partial charge >= 0.3 is 0 Å². The summed E-state index contributed by atoms with van der Waals surface area (Å²) in [4.78, 5) is 21.9. The summed E-state index contributed by atoms with van der Waals surface area (Å²) in [6.07, 6.45) is 0.491. The van der Waals surface area contributed by atoms with Crippen LogP contribution in [0.3, 0.4) is 0 Å². The van der Waals surface area contributed by atoms with Crippen LogP contribution in [-0.4, -0.2) is 27.6 Å². The Morgan fingerprint density at radius 2 is 2.24 bits per heavy atom. The lowest BCUT2D eigenvalue weighted by atomic mass is 10.2. The first-order valence-corrected chi connectivity index (χ1v) is 6.97. The minimum atomic E-state index is -0.576. The molecule has 10 heteroatoms. The topological polar surface area (TPSA) is 124 Å². The first-order chi connectivity index (χ1) is 9.97. The summed E-state index contributed by atoms with van der Waals surface area (Å²) in [5.41, 5.74) is 5.46. The van der Waals surface area contributed by atoms with E-state index in [1.165, 1.54) is 23.5 Å². The van der Waals surface area contributed by atoms with Crippen LogP contribution in [0, 0.1) is 10.1 Å². The van der Waals surface area contributed by atoms with Crippen molar-refractivity contribution in [2.24, 2.45) is 0 Å². The lowest BCUT2D eigenvalue weighted by molar-refractivity contribution is -0.384. The van der Waals surface area contributed by atoms with E-state index in [1.807, 2.05) is 0 Å². The fourth-order valence-corrected chi connectivity index (χ4v) is 2.42. The van der Waals surface area contributed by atoms with Crippen molar-refractivity contribution < 1.29 is 9.72 Å². The lowest BCUT2D eigenvalue weighted by Crippen LogP contribution is -2.26. The molecule has 2 rings (SSSR count). The number of non-ortho nitro benzene ring substituents is 1. The number of nitrogen functional groups attached to an aromatic ring is 1. The van der Waals surface area contributed by atoms with E-state index >= 15 is 0 Å². The number of rotatable bonds is 5. The molecule has 0 atom stereocenters. The van der Waals surface area contributed by atoms with Crippen LogP contribution in [0.25, 0.3) is 0 Å². The van der Waals surface area contributed by atoms with Gasteiger partial charge in [0.05, 0.1) is 15.5 Å². The maximum absolute atomic E-state index is 11.9. The number of nitro benzene ring substituents is 1. The smallest absolute Gasteiger partial charge is 0.270 e. The molecule has 0 fully saturated rings. The normalized spacial score (nSPS) is 10.3. The molecular weight excluding hydrogens is 318 g/mol. The molecular formula is C11H10ClN5O3S. The monoisotopic (exact) mass is 327 g/mol. The van der Waals surface area contributed by atoms with Gasteiger partial charge in [-0.15, -0.1) is 10.2 Å². The molecule has 0 saturated heterocycles. The number of benzene rings is 1. The second-order valence-corrected chi connectivity index (χ2v) is 5.46. The minimum Gasteiger partial charge on any atom is -0.374 e. The largest absolute Gasteiger partial charge is 0.374 e. The Kier molecular flexibility index (Phi) is 4.66. The van der Waals surface area contributed by atoms with Gasteiger partial charge in [0, 0.05) is 25.1 Å². The number of aromatic nitrogens is 2. The highest BCUT2D eigenvalue weighted by atomic mass is 35.5. The number of amides is 1. The molecule has 0 bridgehead atoms. The van der Waals surface area contributed by atoms with E-state index in [9.17, 15) is 14.9 Å². The van der Waals surface area contributed by atoms with E-state index in [0.717, 1.165) is 6.07 Å². The molecule has 0 aliphatic rings. The molecule has 3 N–H and O–H groups in total. The van der Waals surface area contributed by atoms with Crippen LogP contribution >= 0.6 is 22.9 Å². The summed E-state index contributed by atoms with van der Waals surface area (Å²) in [5.74, 6) is -0.410. The summed E-state index contributed by atoms with van der Waals surface area (Å²) in [7, 11) is 0. The van der Waals surface area contributed by atoms with Crippen LogP contribution in [0.4, 0.5) is 10.8 Å². The van der Waals surface area contributed by atoms with Gasteiger partial charge in [0.2, 0.25) is 5.13 Å². The quantitative estimate of drug-likeness (QED) is 0.635. The maximum atomic E-state index is 11.9. The molecule has 8 nitrogen and oxygen atoms in total. The van der Waals surface area contributed by atoms with Crippen molar-refractivity contribution >= 4 is 39.7 Å². The zero-order chi connectivity index (χ0) is 15.4. The first kappa shape index (κ1) is 15.1. The summed E-state index contributed by atoms with van der Waals surface area (Å²) >= 11 is 7.11. The predicted molar refractivity (Wildman–Crippen MR) is 78.5 cm³/mol. The SMILES string of the molecule is Nc1nnc(CCNC(=O)c2ccc([N+](=O)[O-])cc2Cl)s1. The Labute approximate surface area is 128 Å². The van der Waals surface area contributed by atoms with Crippen LogP contribution in [0.2, 0.25) is 5.02 Å². The molecule has 0 saturated carbocycles. The van der Waals surface area contributed by atoms with Crippen molar-refractivity contribution in [3.63, 3.8) is 0 Å². The number of carbonyl (C=O) groups is 1. The zero-order valence-corrected chi connectivity index (χ0v) is 12.1. The maximum Gasteiger partial charge on any atom is 0.270 e. The molecule has 1 aromatic heterocycles. The molecule has 2 aromatic rings. The average Bonchev–Trinajstić information content (AvgIpc) is 2.84. The lowest BCUT2D eigenvalue weighted by Gasteiger charge is -2.05. The van der Waals surface area contributed by atoms with Gasteiger partial charge in [0.25, 0.3) is 11.6 Å². The Balaban J connectivity index is 1.95. The fraction of sp³-hybridized carbons (Fsp3) is 0.182. The van der Waals surface area contributed by atoms with E-state index in [-0.39, 0.29) is 16.3 Å². The minimum absolute atomic E-state index is 0.0295. The van der Waals surface area contributed by atoms with Crippen molar-refractivity contribution in [3.05, 3.63) is 43.9 Å². The number of hydrogen-bond acceptors (Lipinski definition) is 7. The number of carbonyl (C=O) groups excluding carboxylic acids is 1. The highest BCUT2D eigenvalue weighted by molar-refractivity contribution is 7.15. The van der Waals surface area contributed by atoms with Gasteiger partial charge in [-0.2, -0.15) is 0 Å². The van der Waals surface area contributed by atoms with E-state index in [1.54, 1.807) is 0 Å². The van der Waals surface area contributed by atoms with Crippen molar-refractivity contribution in [1.82, 2.24) is 15.5 Å². The van der Waals surface area contributed by atoms with Crippen LogP contribution < -0.4 is 11.1 Å². The van der Waals surface area contributed by atoms with Crippen LogP contribution in [0.15, 0.2) is 18.2 Å².